The molecule has 0 aliphatic heterocycles. The molecular weight excluding hydrogens is 665 g/mol. The first kappa shape index (κ1) is 33.7. The monoisotopic (exact) mass is 697 g/mol. The molecule has 0 aromatic heterocycles. The van der Waals surface area contributed by atoms with E-state index < -0.39 is 28.5 Å². The third-order valence-electron chi connectivity index (χ3n) is 6.29. The number of nitrogens with zero attached hydrogens (tertiary/aromatic N) is 2. The summed E-state index contributed by atoms with van der Waals surface area (Å²) in [6.07, 6.45) is 0.290. The van der Waals surface area contributed by atoms with Crippen LogP contribution in [0.25, 0.3) is 0 Å². The molecule has 0 heterocycles. The van der Waals surface area contributed by atoms with Gasteiger partial charge in [0.05, 0.1) is 17.2 Å². The molecule has 2 amide bonds. The van der Waals surface area contributed by atoms with Gasteiger partial charge in [-0.3, -0.25) is 13.9 Å². The molecule has 42 heavy (non-hydrogen) atoms. The molecule has 0 aliphatic carbocycles. The molecule has 1 N–H and O–H groups in total. The van der Waals surface area contributed by atoms with Crippen molar-refractivity contribution in [1.82, 2.24) is 10.2 Å². The third kappa shape index (κ3) is 8.63. The Morgan fingerprint density at radius 2 is 1.62 bits per heavy atom. The van der Waals surface area contributed by atoms with Gasteiger partial charge in [-0.15, -0.1) is 0 Å². The second-order valence-electron chi connectivity index (χ2n) is 9.74. The van der Waals surface area contributed by atoms with Gasteiger partial charge in [-0.05, 0) is 93.4 Å². The predicted molar refractivity (Wildman–Crippen MR) is 171 cm³/mol. The highest BCUT2D eigenvalue weighted by molar-refractivity contribution is 9.10. The summed E-state index contributed by atoms with van der Waals surface area (Å²) in [6, 6.07) is 16.4. The van der Waals surface area contributed by atoms with Crippen LogP contribution in [-0.4, -0.2) is 50.4 Å². The van der Waals surface area contributed by atoms with Gasteiger partial charge in [0.15, 0.2) is 0 Å². The number of halogens is 3. The lowest BCUT2D eigenvalue weighted by Crippen LogP contribution is -2.53. The second kappa shape index (κ2) is 15.1. The van der Waals surface area contributed by atoms with Gasteiger partial charge in [0.1, 0.15) is 18.3 Å². The van der Waals surface area contributed by atoms with E-state index in [2.05, 4.69) is 21.2 Å². The topological polar surface area (TPSA) is 96.0 Å². The third-order valence-corrected chi connectivity index (χ3v) is 9.19. The molecule has 0 aliphatic rings. The molecule has 0 saturated carbocycles. The van der Waals surface area contributed by atoms with Gasteiger partial charge < -0.3 is 15.0 Å². The summed E-state index contributed by atoms with van der Waals surface area (Å²) in [4.78, 5) is 28.8. The van der Waals surface area contributed by atoms with E-state index in [4.69, 9.17) is 27.9 Å². The number of ether oxygens (including phenoxy) is 1. The van der Waals surface area contributed by atoms with Crippen LogP contribution < -0.4 is 14.4 Å². The van der Waals surface area contributed by atoms with Crippen LogP contribution in [0.3, 0.4) is 0 Å². The van der Waals surface area contributed by atoms with Crippen molar-refractivity contribution < 1.29 is 22.7 Å². The predicted octanol–water partition coefficient (Wildman–Crippen LogP) is 6.68. The molecule has 0 bridgehead atoms. The number of amides is 2. The Morgan fingerprint density at radius 3 is 2.17 bits per heavy atom. The van der Waals surface area contributed by atoms with E-state index in [0.29, 0.717) is 32.4 Å². The van der Waals surface area contributed by atoms with Crippen molar-refractivity contribution in [3.8, 4) is 5.75 Å². The maximum atomic E-state index is 14.1. The zero-order chi connectivity index (χ0) is 31.0. The second-order valence-corrected chi connectivity index (χ2v) is 13.4. The molecule has 3 rings (SSSR count). The average Bonchev–Trinajstić information content (AvgIpc) is 2.93. The highest BCUT2D eigenvalue weighted by Crippen LogP contribution is 2.28. The fourth-order valence-electron chi connectivity index (χ4n) is 4.27. The van der Waals surface area contributed by atoms with Gasteiger partial charge in [-0.1, -0.05) is 52.1 Å². The summed E-state index contributed by atoms with van der Waals surface area (Å²) in [6.45, 7) is 7.13. The standard InChI is InChI=1S/C30H34BrCl2N3O5S/c1-5-28(30(38)34-20(3)4)35(18-21-7-10-23(32)17-27(21)33)29(37)19-36(24-11-13-25(14-12-24)41-6-2)42(39,40)26-15-8-22(31)9-16-26/h7-17,20,28H,5-6,18-19H2,1-4H3,(H,34,38)/t28-/m1/s1. The van der Waals surface area contributed by atoms with Crippen molar-refractivity contribution in [2.75, 3.05) is 17.5 Å². The van der Waals surface area contributed by atoms with Crippen LogP contribution in [-0.2, 0) is 26.2 Å². The van der Waals surface area contributed by atoms with Crippen molar-refractivity contribution in [3.63, 3.8) is 0 Å². The van der Waals surface area contributed by atoms with Gasteiger partial charge in [0.25, 0.3) is 10.0 Å². The molecule has 3 aromatic carbocycles. The SMILES string of the molecule is CCOc1ccc(N(CC(=O)N(Cc2ccc(Cl)cc2Cl)[C@H](CC)C(=O)NC(C)C)S(=O)(=O)c2ccc(Br)cc2)cc1. The first-order chi connectivity index (χ1) is 19.9. The largest absolute Gasteiger partial charge is 0.494 e. The number of hydrogen-bond donors (Lipinski definition) is 1. The molecule has 3 aromatic rings. The lowest BCUT2D eigenvalue weighted by atomic mass is 10.1. The Labute approximate surface area is 266 Å². The van der Waals surface area contributed by atoms with Gasteiger partial charge in [0.2, 0.25) is 11.8 Å². The minimum atomic E-state index is -4.20. The van der Waals surface area contributed by atoms with E-state index in [1.807, 2.05) is 20.8 Å². The summed E-state index contributed by atoms with van der Waals surface area (Å²) >= 11 is 15.9. The first-order valence-corrected chi connectivity index (χ1v) is 16.4. The quantitative estimate of drug-likeness (QED) is 0.215. The van der Waals surface area contributed by atoms with Crippen molar-refractivity contribution in [3.05, 3.63) is 86.8 Å². The molecule has 1 atom stereocenters. The molecular formula is C30H34BrCl2N3O5S. The molecule has 0 saturated heterocycles. The number of carbonyl (C=O) groups is 2. The van der Waals surface area contributed by atoms with E-state index in [-0.39, 0.29) is 35.5 Å². The highest BCUT2D eigenvalue weighted by atomic mass is 79.9. The summed E-state index contributed by atoms with van der Waals surface area (Å²) in [7, 11) is -4.20. The van der Waals surface area contributed by atoms with Gasteiger partial charge in [-0.25, -0.2) is 8.42 Å². The van der Waals surface area contributed by atoms with E-state index >= 15 is 0 Å². The normalized spacial score (nSPS) is 12.1. The zero-order valence-electron chi connectivity index (χ0n) is 23.8. The Bertz CT molecular complexity index is 1490. The Balaban J connectivity index is 2.09. The average molecular weight is 699 g/mol. The fourth-order valence-corrected chi connectivity index (χ4v) is 6.42. The maximum absolute atomic E-state index is 14.1. The fraction of sp³-hybridized carbons (Fsp3) is 0.333. The summed E-state index contributed by atoms with van der Waals surface area (Å²) in [5, 5.41) is 3.61. The number of anilines is 1. The molecule has 8 nitrogen and oxygen atoms in total. The van der Waals surface area contributed by atoms with Crippen LogP contribution in [0.1, 0.15) is 39.7 Å². The number of rotatable bonds is 13. The van der Waals surface area contributed by atoms with Crippen LogP contribution in [0.2, 0.25) is 10.0 Å². The Hall–Kier alpha value is -2.79. The van der Waals surface area contributed by atoms with Gasteiger partial charge in [0, 0.05) is 27.1 Å². The Kier molecular flexibility index (Phi) is 12.1. The molecule has 226 valence electrons. The lowest BCUT2D eigenvalue weighted by Gasteiger charge is -2.33. The number of hydrogen-bond acceptors (Lipinski definition) is 5. The number of carbonyl (C=O) groups excluding carboxylic acids is 2. The van der Waals surface area contributed by atoms with Crippen molar-refractivity contribution in [2.24, 2.45) is 0 Å². The molecule has 0 fully saturated rings. The maximum Gasteiger partial charge on any atom is 0.264 e. The van der Waals surface area contributed by atoms with E-state index in [1.54, 1.807) is 61.5 Å². The van der Waals surface area contributed by atoms with Gasteiger partial charge >= 0.3 is 0 Å². The van der Waals surface area contributed by atoms with Crippen molar-refractivity contribution >= 4 is 66.7 Å². The van der Waals surface area contributed by atoms with E-state index in [9.17, 15) is 18.0 Å². The molecule has 0 radical (unpaired) electrons. The molecule has 0 spiro atoms. The van der Waals surface area contributed by atoms with Crippen LogP contribution in [0.5, 0.6) is 5.75 Å². The summed E-state index contributed by atoms with van der Waals surface area (Å²) in [5.41, 5.74) is 0.826. The Morgan fingerprint density at radius 1 is 0.976 bits per heavy atom. The number of sulfonamides is 1. The number of nitrogens with one attached hydrogen (secondary N) is 1. The smallest absolute Gasteiger partial charge is 0.264 e. The van der Waals surface area contributed by atoms with Crippen LogP contribution >= 0.6 is 39.1 Å². The highest BCUT2D eigenvalue weighted by Gasteiger charge is 2.34. The summed E-state index contributed by atoms with van der Waals surface area (Å²) < 4.78 is 35.2. The van der Waals surface area contributed by atoms with Crippen molar-refractivity contribution in [2.45, 2.75) is 57.6 Å². The van der Waals surface area contributed by atoms with Gasteiger partial charge in [-0.2, -0.15) is 0 Å². The molecule has 0 unspecified atom stereocenters. The summed E-state index contributed by atoms with van der Waals surface area (Å²) in [5.74, 6) is -0.375. The van der Waals surface area contributed by atoms with Crippen LogP contribution in [0.4, 0.5) is 5.69 Å². The molecule has 12 heteroatoms. The van der Waals surface area contributed by atoms with Crippen molar-refractivity contribution in [1.29, 1.82) is 0 Å². The van der Waals surface area contributed by atoms with E-state index in [0.717, 1.165) is 4.31 Å². The van der Waals surface area contributed by atoms with Crippen LogP contribution in [0.15, 0.2) is 76.1 Å². The van der Waals surface area contributed by atoms with E-state index in [1.165, 1.54) is 17.0 Å². The minimum Gasteiger partial charge on any atom is -0.494 e. The lowest BCUT2D eigenvalue weighted by molar-refractivity contribution is -0.140. The number of benzene rings is 3. The first-order valence-electron chi connectivity index (χ1n) is 13.4. The minimum absolute atomic E-state index is 0.00396. The zero-order valence-corrected chi connectivity index (χ0v) is 27.7. The van der Waals surface area contributed by atoms with Crippen LogP contribution in [0, 0.1) is 0 Å².